The van der Waals surface area contributed by atoms with Gasteiger partial charge in [0, 0.05) is 16.4 Å². The molecule has 0 atom stereocenters. The first-order valence-corrected chi connectivity index (χ1v) is 7.76. The van der Waals surface area contributed by atoms with Crippen molar-refractivity contribution in [2.45, 2.75) is 33.1 Å². The number of halogens is 1. The van der Waals surface area contributed by atoms with Crippen molar-refractivity contribution in [1.82, 2.24) is 4.98 Å². The summed E-state index contributed by atoms with van der Waals surface area (Å²) in [6, 6.07) is 11.6. The molecule has 1 aromatic heterocycles. The van der Waals surface area contributed by atoms with E-state index in [2.05, 4.69) is 4.98 Å². The van der Waals surface area contributed by atoms with Crippen molar-refractivity contribution in [2.24, 2.45) is 0 Å². The normalized spacial score (nSPS) is 10.5. The molecule has 0 amide bonds. The zero-order valence-corrected chi connectivity index (χ0v) is 13.7. The minimum atomic E-state index is -0.242. The van der Waals surface area contributed by atoms with E-state index in [-0.39, 0.29) is 12.4 Å². The van der Waals surface area contributed by atoms with E-state index < -0.39 is 0 Å². The third-order valence-electron chi connectivity index (χ3n) is 3.46. The fourth-order valence-electron chi connectivity index (χ4n) is 2.26. The summed E-state index contributed by atoms with van der Waals surface area (Å²) in [5.41, 5.74) is 3.88. The van der Waals surface area contributed by atoms with Gasteiger partial charge in [-0.1, -0.05) is 29.8 Å². The summed E-state index contributed by atoms with van der Waals surface area (Å²) in [5.74, 6) is -0.242. The van der Waals surface area contributed by atoms with E-state index in [1.54, 1.807) is 6.07 Å². The average Bonchev–Trinajstić information content (AvgIpc) is 2.48. The number of carbonyl (C=O) groups excluding carboxylic acids is 1. The molecular formula is C18H20ClNO2. The van der Waals surface area contributed by atoms with E-state index in [1.807, 2.05) is 44.2 Å². The zero-order valence-electron chi connectivity index (χ0n) is 12.9. The maximum absolute atomic E-state index is 11.9. The highest BCUT2D eigenvalue weighted by Gasteiger charge is 2.10. The Hall–Kier alpha value is -1.87. The lowest BCUT2D eigenvalue weighted by Crippen LogP contribution is -2.11. The van der Waals surface area contributed by atoms with Crippen molar-refractivity contribution in [3.63, 3.8) is 0 Å². The fourth-order valence-corrected chi connectivity index (χ4v) is 2.55. The lowest BCUT2D eigenvalue weighted by Gasteiger charge is -2.08. The van der Waals surface area contributed by atoms with Crippen LogP contribution in [0.1, 0.15) is 28.9 Å². The summed E-state index contributed by atoms with van der Waals surface area (Å²) in [6.07, 6.45) is 1.79. The van der Waals surface area contributed by atoms with Crippen molar-refractivity contribution in [3.8, 4) is 0 Å². The van der Waals surface area contributed by atoms with Gasteiger partial charge in [0.15, 0.2) is 0 Å². The number of pyridine rings is 1. The summed E-state index contributed by atoms with van der Waals surface area (Å²) in [7, 11) is 0. The third-order valence-corrected chi connectivity index (χ3v) is 3.81. The summed E-state index contributed by atoms with van der Waals surface area (Å²) in [5, 5.41) is 0.612. The van der Waals surface area contributed by atoms with Gasteiger partial charge in [0.05, 0.1) is 13.0 Å². The predicted molar refractivity (Wildman–Crippen MR) is 88.1 cm³/mol. The number of rotatable bonds is 6. The van der Waals surface area contributed by atoms with E-state index in [4.69, 9.17) is 16.3 Å². The van der Waals surface area contributed by atoms with E-state index in [1.165, 1.54) is 0 Å². The lowest BCUT2D eigenvalue weighted by molar-refractivity contribution is -0.142. The second kappa shape index (κ2) is 7.95. The number of carbonyl (C=O) groups is 1. The summed E-state index contributed by atoms with van der Waals surface area (Å²) < 4.78 is 5.28. The minimum absolute atomic E-state index is 0.216. The van der Waals surface area contributed by atoms with Crippen LogP contribution < -0.4 is 0 Å². The van der Waals surface area contributed by atoms with Crippen LogP contribution in [0.5, 0.6) is 0 Å². The van der Waals surface area contributed by atoms with Gasteiger partial charge in [0.1, 0.15) is 0 Å². The monoisotopic (exact) mass is 317 g/mol. The Morgan fingerprint density at radius 1 is 1.18 bits per heavy atom. The molecule has 116 valence electrons. The first-order valence-electron chi connectivity index (χ1n) is 7.38. The Bertz CT molecular complexity index is 635. The Balaban J connectivity index is 1.76. The second-order valence-electron chi connectivity index (χ2n) is 5.31. The molecular weight excluding hydrogens is 298 g/mol. The van der Waals surface area contributed by atoms with Gasteiger partial charge in [-0.3, -0.25) is 9.78 Å². The number of hydrogen-bond acceptors (Lipinski definition) is 3. The average molecular weight is 318 g/mol. The highest BCUT2D eigenvalue weighted by Crippen LogP contribution is 2.20. The van der Waals surface area contributed by atoms with Gasteiger partial charge in [0.25, 0.3) is 0 Å². The van der Waals surface area contributed by atoms with Gasteiger partial charge in [-0.2, -0.15) is 0 Å². The topological polar surface area (TPSA) is 39.2 Å². The van der Waals surface area contributed by atoms with Crippen LogP contribution in [-0.2, 0) is 22.4 Å². The molecule has 2 rings (SSSR count). The first kappa shape index (κ1) is 16.5. The number of nitrogens with zero attached hydrogens (tertiary/aromatic N) is 1. The van der Waals surface area contributed by atoms with Crippen LogP contribution in [0.4, 0.5) is 0 Å². The van der Waals surface area contributed by atoms with E-state index >= 15 is 0 Å². The maximum atomic E-state index is 11.9. The SMILES string of the molecule is Cc1cccc(CCCOC(=O)Cc2c(C)cccc2Cl)n1. The molecule has 0 bridgehead atoms. The van der Waals surface area contributed by atoms with Crippen LogP contribution in [0.3, 0.4) is 0 Å². The molecule has 0 N–H and O–H groups in total. The van der Waals surface area contributed by atoms with Crippen molar-refractivity contribution in [3.05, 3.63) is 63.9 Å². The highest BCUT2D eigenvalue weighted by molar-refractivity contribution is 6.31. The van der Waals surface area contributed by atoms with E-state index in [0.717, 1.165) is 35.4 Å². The predicted octanol–water partition coefficient (Wildman–Crippen LogP) is 4.07. The Labute approximate surface area is 136 Å². The molecule has 0 aliphatic heterocycles. The summed E-state index contributed by atoms with van der Waals surface area (Å²) in [6.45, 7) is 4.31. The molecule has 1 aromatic carbocycles. The van der Waals surface area contributed by atoms with Crippen molar-refractivity contribution >= 4 is 17.6 Å². The number of hydrogen-bond donors (Lipinski definition) is 0. The molecule has 2 aromatic rings. The van der Waals surface area contributed by atoms with Crippen LogP contribution in [0.25, 0.3) is 0 Å². The molecule has 22 heavy (non-hydrogen) atoms. The Morgan fingerprint density at radius 2 is 1.95 bits per heavy atom. The number of ether oxygens (including phenoxy) is 1. The molecule has 0 fully saturated rings. The first-order chi connectivity index (χ1) is 10.6. The van der Waals surface area contributed by atoms with Gasteiger partial charge in [-0.15, -0.1) is 0 Å². The number of esters is 1. The van der Waals surface area contributed by atoms with Crippen LogP contribution in [0.15, 0.2) is 36.4 Å². The molecule has 0 unspecified atom stereocenters. The molecule has 4 heteroatoms. The number of aromatic nitrogens is 1. The van der Waals surface area contributed by atoms with E-state index in [0.29, 0.717) is 11.6 Å². The van der Waals surface area contributed by atoms with Gasteiger partial charge in [-0.25, -0.2) is 0 Å². The zero-order chi connectivity index (χ0) is 15.9. The Morgan fingerprint density at radius 3 is 2.68 bits per heavy atom. The molecule has 0 saturated heterocycles. The molecule has 1 heterocycles. The smallest absolute Gasteiger partial charge is 0.310 e. The summed E-state index contributed by atoms with van der Waals surface area (Å²) in [4.78, 5) is 16.3. The lowest BCUT2D eigenvalue weighted by atomic mass is 10.1. The van der Waals surface area contributed by atoms with Crippen molar-refractivity contribution in [2.75, 3.05) is 6.61 Å². The van der Waals surface area contributed by atoms with Crippen molar-refractivity contribution < 1.29 is 9.53 Å². The largest absolute Gasteiger partial charge is 0.465 e. The van der Waals surface area contributed by atoms with Gasteiger partial charge < -0.3 is 4.74 Å². The van der Waals surface area contributed by atoms with Crippen LogP contribution in [0.2, 0.25) is 5.02 Å². The number of aryl methyl sites for hydroxylation is 3. The summed E-state index contributed by atoms with van der Waals surface area (Å²) >= 11 is 6.11. The molecule has 0 saturated carbocycles. The molecule has 0 aliphatic rings. The van der Waals surface area contributed by atoms with Gasteiger partial charge in [0.2, 0.25) is 0 Å². The minimum Gasteiger partial charge on any atom is -0.465 e. The maximum Gasteiger partial charge on any atom is 0.310 e. The quantitative estimate of drug-likeness (QED) is 0.595. The third kappa shape index (κ3) is 4.85. The van der Waals surface area contributed by atoms with Gasteiger partial charge >= 0.3 is 5.97 Å². The molecule has 0 aliphatic carbocycles. The molecule has 0 spiro atoms. The standard InChI is InChI=1S/C18H20ClNO2/c1-13-6-3-10-17(19)16(13)12-18(21)22-11-5-9-15-8-4-7-14(2)20-15/h3-4,6-8,10H,5,9,11-12H2,1-2H3. The second-order valence-corrected chi connectivity index (χ2v) is 5.71. The van der Waals surface area contributed by atoms with Crippen LogP contribution >= 0.6 is 11.6 Å². The molecule has 3 nitrogen and oxygen atoms in total. The fraction of sp³-hybridized carbons (Fsp3) is 0.333. The van der Waals surface area contributed by atoms with E-state index in [9.17, 15) is 4.79 Å². The number of benzene rings is 1. The van der Waals surface area contributed by atoms with Crippen LogP contribution in [-0.4, -0.2) is 17.6 Å². The Kier molecular flexibility index (Phi) is 5.96. The highest BCUT2D eigenvalue weighted by atomic mass is 35.5. The molecule has 0 radical (unpaired) electrons. The van der Waals surface area contributed by atoms with Crippen molar-refractivity contribution in [1.29, 1.82) is 0 Å². The van der Waals surface area contributed by atoms with Gasteiger partial charge in [-0.05, 0) is 56.0 Å². The van der Waals surface area contributed by atoms with Crippen LogP contribution in [0, 0.1) is 13.8 Å².